The van der Waals surface area contributed by atoms with Crippen molar-refractivity contribution >= 4 is 35.0 Å². The molecule has 0 radical (unpaired) electrons. The maximum Gasteiger partial charge on any atom is 0.422 e. The SMILES string of the molecule is CC(C)(C)OC(=O)NS(=O)(=O)NCCO[Si](c1ccccc1)(c1ccccc1)C(C)(C)C. The summed E-state index contributed by atoms with van der Waals surface area (Å²) in [4.78, 5) is 11.8. The smallest absolute Gasteiger partial charge is 0.422 e. The molecule has 0 saturated heterocycles. The van der Waals surface area contributed by atoms with E-state index in [-0.39, 0.29) is 18.2 Å². The molecule has 0 aliphatic rings. The highest BCUT2D eigenvalue weighted by Crippen LogP contribution is 2.36. The van der Waals surface area contributed by atoms with Gasteiger partial charge in [-0.1, -0.05) is 81.4 Å². The average Bonchev–Trinajstić information content (AvgIpc) is 2.66. The summed E-state index contributed by atoms with van der Waals surface area (Å²) < 4.78 is 40.3. The molecule has 0 fully saturated rings. The van der Waals surface area contributed by atoms with Crippen LogP contribution in [0.15, 0.2) is 60.7 Å². The molecule has 0 bridgehead atoms. The van der Waals surface area contributed by atoms with E-state index in [9.17, 15) is 13.2 Å². The molecule has 176 valence electrons. The van der Waals surface area contributed by atoms with Gasteiger partial charge < -0.3 is 9.16 Å². The molecule has 0 aliphatic heterocycles. The van der Waals surface area contributed by atoms with Gasteiger partial charge in [0.25, 0.3) is 8.32 Å². The molecule has 1 amide bonds. The largest absolute Gasteiger partial charge is 0.443 e. The number of hydrogen-bond acceptors (Lipinski definition) is 5. The van der Waals surface area contributed by atoms with Crippen molar-refractivity contribution in [2.75, 3.05) is 13.2 Å². The zero-order chi connectivity index (χ0) is 24.0. The van der Waals surface area contributed by atoms with Crippen LogP contribution in [0.5, 0.6) is 0 Å². The van der Waals surface area contributed by atoms with Crippen molar-refractivity contribution in [3.05, 3.63) is 60.7 Å². The molecular weight excluding hydrogens is 444 g/mol. The number of carbonyl (C=O) groups excluding carboxylic acids is 1. The fourth-order valence-corrected chi connectivity index (χ4v) is 8.84. The van der Waals surface area contributed by atoms with Crippen LogP contribution >= 0.6 is 0 Å². The van der Waals surface area contributed by atoms with E-state index in [4.69, 9.17) is 9.16 Å². The zero-order valence-corrected chi connectivity index (χ0v) is 21.5. The number of ether oxygens (including phenoxy) is 1. The minimum atomic E-state index is -4.07. The Bertz CT molecular complexity index is 945. The van der Waals surface area contributed by atoms with Crippen molar-refractivity contribution < 1.29 is 22.4 Å². The van der Waals surface area contributed by atoms with Crippen LogP contribution in [-0.2, 0) is 19.4 Å². The zero-order valence-electron chi connectivity index (χ0n) is 19.6. The Hall–Kier alpha value is -2.20. The lowest BCUT2D eigenvalue weighted by atomic mass is 10.2. The van der Waals surface area contributed by atoms with E-state index in [1.165, 1.54) is 0 Å². The molecule has 2 aromatic rings. The minimum absolute atomic E-state index is 0.00261. The third-order valence-electron chi connectivity index (χ3n) is 4.75. The van der Waals surface area contributed by atoms with E-state index in [1.54, 1.807) is 20.8 Å². The quantitative estimate of drug-likeness (QED) is 0.449. The maximum absolute atomic E-state index is 12.2. The van der Waals surface area contributed by atoms with Gasteiger partial charge >= 0.3 is 16.3 Å². The Kier molecular flexibility index (Phi) is 8.27. The molecule has 7 nitrogen and oxygen atoms in total. The number of carbonyl (C=O) groups is 1. The number of benzene rings is 2. The third kappa shape index (κ3) is 6.90. The van der Waals surface area contributed by atoms with Gasteiger partial charge in [-0.3, -0.25) is 0 Å². The average molecular weight is 479 g/mol. The lowest BCUT2D eigenvalue weighted by Gasteiger charge is -2.43. The van der Waals surface area contributed by atoms with Crippen LogP contribution in [0.4, 0.5) is 4.79 Å². The summed E-state index contributed by atoms with van der Waals surface area (Å²) in [5, 5.41) is 1.99. The van der Waals surface area contributed by atoms with Gasteiger partial charge in [0.05, 0.1) is 0 Å². The van der Waals surface area contributed by atoms with E-state index >= 15 is 0 Å². The first-order chi connectivity index (χ1) is 14.8. The molecule has 9 heteroatoms. The maximum atomic E-state index is 12.2. The van der Waals surface area contributed by atoms with E-state index in [0.717, 1.165) is 10.4 Å². The molecule has 0 spiro atoms. The van der Waals surface area contributed by atoms with Crippen molar-refractivity contribution in [1.82, 2.24) is 9.44 Å². The predicted octanol–water partition coefficient (Wildman–Crippen LogP) is 2.92. The Labute approximate surface area is 192 Å². The van der Waals surface area contributed by atoms with Gasteiger partial charge in [0, 0.05) is 13.2 Å². The summed E-state index contributed by atoms with van der Waals surface area (Å²) in [6.45, 7) is 11.6. The standard InChI is InChI=1S/C23H34N2O5SSi/c1-22(2,3)30-21(26)25-31(27,28)24-17-18-29-32(23(4,5)6,19-13-9-7-10-14-19)20-15-11-8-12-16-20/h7-16,24H,17-18H2,1-6H3,(H,25,26). The Balaban J connectivity index is 2.19. The lowest BCUT2D eigenvalue weighted by molar-refractivity contribution is 0.0569. The molecule has 2 rings (SSSR count). The van der Waals surface area contributed by atoms with Crippen LogP contribution < -0.4 is 19.8 Å². The molecule has 0 heterocycles. The summed E-state index contributed by atoms with van der Waals surface area (Å²) >= 11 is 0. The van der Waals surface area contributed by atoms with Crippen molar-refractivity contribution in [3.8, 4) is 0 Å². The topological polar surface area (TPSA) is 93.7 Å². The van der Waals surface area contributed by atoms with E-state index < -0.39 is 30.2 Å². The molecule has 0 saturated carbocycles. The predicted molar refractivity (Wildman–Crippen MR) is 130 cm³/mol. The summed E-state index contributed by atoms with van der Waals surface area (Å²) in [7, 11) is -6.83. The number of nitrogens with one attached hydrogen (secondary N) is 2. The van der Waals surface area contributed by atoms with Crippen molar-refractivity contribution in [2.45, 2.75) is 52.2 Å². The normalized spacial score (nSPS) is 12.9. The first-order valence-electron chi connectivity index (χ1n) is 10.5. The Morgan fingerprint density at radius 2 is 1.34 bits per heavy atom. The second kappa shape index (κ2) is 10.2. The summed E-state index contributed by atoms with van der Waals surface area (Å²) in [6.07, 6.45) is -1.03. The van der Waals surface area contributed by atoms with Gasteiger partial charge in [-0.15, -0.1) is 0 Å². The van der Waals surface area contributed by atoms with E-state index in [0.29, 0.717) is 0 Å². The van der Waals surface area contributed by atoms with Gasteiger partial charge in [-0.2, -0.15) is 13.1 Å². The van der Waals surface area contributed by atoms with Crippen LogP contribution in [0, 0.1) is 0 Å². The Morgan fingerprint density at radius 1 is 0.875 bits per heavy atom. The van der Waals surface area contributed by atoms with Crippen LogP contribution in [0.2, 0.25) is 5.04 Å². The summed E-state index contributed by atoms with van der Waals surface area (Å²) in [5.74, 6) is 0. The lowest BCUT2D eigenvalue weighted by Crippen LogP contribution is -2.67. The van der Waals surface area contributed by atoms with Gasteiger partial charge in [-0.25, -0.2) is 9.52 Å². The van der Waals surface area contributed by atoms with E-state index in [1.807, 2.05) is 41.1 Å². The van der Waals surface area contributed by atoms with Crippen LogP contribution in [0.1, 0.15) is 41.5 Å². The number of amides is 1. The number of rotatable bonds is 8. The highest BCUT2D eigenvalue weighted by Gasteiger charge is 2.50. The monoisotopic (exact) mass is 478 g/mol. The van der Waals surface area contributed by atoms with Gasteiger partial charge in [0.2, 0.25) is 0 Å². The van der Waals surface area contributed by atoms with Crippen molar-refractivity contribution in [1.29, 1.82) is 0 Å². The first-order valence-corrected chi connectivity index (χ1v) is 13.9. The fraction of sp³-hybridized carbons (Fsp3) is 0.435. The van der Waals surface area contributed by atoms with Gasteiger partial charge in [0.1, 0.15) is 5.60 Å². The van der Waals surface area contributed by atoms with Gasteiger partial charge in [-0.05, 0) is 36.2 Å². The highest BCUT2D eigenvalue weighted by atomic mass is 32.2. The first kappa shape index (κ1) is 26.1. The second-order valence-corrected chi connectivity index (χ2v) is 15.3. The summed E-state index contributed by atoms with van der Waals surface area (Å²) in [5.41, 5.74) is -0.800. The molecule has 0 unspecified atom stereocenters. The molecule has 0 aromatic heterocycles. The van der Waals surface area contributed by atoms with E-state index in [2.05, 4.69) is 49.8 Å². The Morgan fingerprint density at radius 3 is 1.75 bits per heavy atom. The van der Waals surface area contributed by atoms with Crippen molar-refractivity contribution in [2.24, 2.45) is 0 Å². The molecule has 2 N–H and O–H groups in total. The second-order valence-electron chi connectivity index (χ2n) is 9.51. The fourth-order valence-electron chi connectivity index (χ4n) is 3.59. The van der Waals surface area contributed by atoms with Crippen LogP contribution in [0.3, 0.4) is 0 Å². The molecule has 0 atom stereocenters. The third-order valence-corrected chi connectivity index (χ3v) is 10.8. The molecule has 32 heavy (non-hydrogen) atoms. The number of hydrogen-bond donors (Lipinski definition) is 2. The molecular formula is C23H34N2O5SSi. The molecule has 2 aromatic carbocycles. The highest BCUT2D eigenvalue weighted by molar-refractivity contribution is 7.88. The van der Waals surface area contributed by atoms with Gasteiger partial charge in [0.15, 0.2) is 0 Å². The van der Waals surface area contributed by atoms with Crippen molar-refractivity contribution in [3.63, 3.8) is 0 Å². The van der Waals surface area contributed by atoms with Crippen LogP contribution in [0.25, 0.3) is 0 Å². The summed E-state index contributed by atoms with van der Waals surface area (Å²) in [6, 6.07) is 20.2. The minimum Gasteiger partial charge on any atom is -0.443 e. The molecule has 0 aliphatic carbocycles. The van der Waals surface area contributed by atoms with Crippen LogP contribution in [-0.4, -0.2) is 41.6 Å².